The molecule has 0 aromatic heterocycles. The first-order chi connectivity index (χ1) is 8.08. The first kappa shape index (κ1) is 13.9. The summed E-state index contributed by atoms with van der Waals surface area (Å²) in [5, 5.41) is 3.29. The van der Waals surface area contributed by atoms with Gasteiger partial charge in [-0.2, -0.15) is 0 Å². The van der Waals surface area contributed by atoms with E-state index < -0.39 is 0 Å². The molecule has 0 amide bonds. The van der Waals surface area contributed by atoms with Gasteiger partial charge >= 0.3 is 0 Å². The quantitative estimate of drug-likeness (QED) is 0.823. The molecule has 0 heterocycles. The Morgan fingerprint density at radius 3 is 2.59 bits per heavy atom. The van der Waals surface area contributed by atoms with Gasteiger partial charge in [-0.3, -0.25) is 0 Å². The lowest BCUT2D eigenvalue weighted by Crippen LogP contribution is -2.31. The second-order valence-electron chi connectivity index (χ2n) is 4.26. The third kappa shape index (κ3) is 3.98. The number of ether oxygens (including phenoxy) is 1. The summed E-state index contributed by atoms with van der Waals surface area (Å²) in [6.07, 6.45) is 0. The van der Waals surface area contributed by atoms with Crippen LogP contribution in [0.2, 0.25) is 0 Å². The summed E-state index contributed by atoms with van der Waals surface area (Å²) < 4.78 is 18.9. The molecule has 3 nitrogen and oxygen atoms in total. The predicted octanol–water partition coefficient (Wildman–Crippen LogP) is 2.05. The molecule has 1 atom stereocenters. The lowest BCUT2D eigenvalue weighted by atomic mass is 10.1. The van der Waals surface area contributed by atoms with Gasteiger partial charge in [-0.25, -0.2) is 4.39 Å². The fourth-order valence-corrected chi connectivity index (χ4v) is 1.80. The smallest absolute Gasteiger partial charge is 0.131 e. The Hall–Kier alpha value is -1.13. The fourth-order valence-electron chi connectivity index (χ4n) is 1.80. The summed E-state index contributed by atoms with van der Waals surface area (Å²) in [7, 11) is 5.49. The van der Waals surface area contributed by atoms with Crippen molar-refractivity contribution in [3.8, 4) is 5.75 Å². The second-order valence-corrected chi connectivity index (χ2v) is 4.26. The molecule has 1 N–H and O–H groups in total. The van der Waals surface area contributed by atoms with Crippen molar-refractivity contribution in [1.29, 1.82) is 0 Å². The number of likely N-dealkylation sites (N-methyl/N-ethyl adjacent to an activating group) is 2. The SMILES string of the molecule is CCNC(CN(C)C)c1ccc(OC)cc1F. The molecule has 0 aliphatic carbocycles. The zero-order valence-electron chi connectivity index (χ0n) is 11.0. The average molecular weight is 240 g/mol. The Morgan fingerprint density at radius 1 is 1.41 bits per heavy atom. The molecule has 1 aromatic carbocycles. The summed E-state index contributed by atoms with van der Waals surface area (Å²) >= 11 is 0. The van der Waals surface area contributed by atoms with Crippen LogP contribution in [-0.2, 0) is 0 Å². The molecular formula is C13H21FN2O. The maximum Gasteiger partial charge on any atom is 0.131 e. The Labute approximate surface area is 103 Å². The van der Waals surface area contributed by atoms with Crippen LogP contribution in [0, 0.1) is 5.82 Å². The highest BCUT2D eigenvalue weighted by atomic mass is 19.1. The van der Waals surface area contributed by atoms with E-state index in [9.17, 15) is 4.39 Å². The number of benzene rings is 1. The summed E-state index contributed by atoms with van der Waals surface area (Å²) in [5.74, 6) is 0.323. The van der Waals surface area contributed by atoms with E-state index in [0.717, 1.165) is 13.1 Å². The van der Waals surface area contributed by atoms with Crippen LogP contribution in [0.4, 0.5) is 4.39 Å². The summed E-state index contributed by atoms with van der Waals surface area (Å²) in [6.45, 7) is 3.59. The van der Waals surface area contributed by atoms with Crippen LogP contribution >= 0.6 is 0 Å². The summed E-state index contributed by atoms with van der Waals surface area (Å²) in [6, 6.07) is 5.00. The molecule has 0 aliphatic rings. The van der Waals surface area contributed by atoms with Crippen LogP contribution in [0.25, 0.3) is 0 Å². The highest BCUT2D eigenvalue weighted by molar-refractivity contribution is 5.31. The highest BCUT2D eigenvalue weighted by Gasteiger charge is 2.16. The minimum absolute atomic E-state index is 0.000839. The van der Waals surface area contributed by atoms with Crippen LogP contribution in [0.15, 0.2) is 18.2 Å². The van der Waals surface area contributed by atoms with Gasteiger partial charge in [-0.15, -0.1) is 0 Å². The minimum atomic E-state index is -0.225. The van der Waals surface area contributed by atoms with Gasteiger partial charge in [0.05, 0.1) is 7.11 Å². The molecule has 4 heteroatoms. The van der Waals surface area contributed by atoms with Crippen molar-refractivity contribution in [3.05, 3.63) is 29.6 Å². The van der Waals surface area contributed by atoms with Gasteiger partial charge in [-0.05, 0) is 26.7 Å². The third-order valence-corrected chi connectivity index (χ3v) is 2.58. The van der Waals surface area contributed by atoms with E-state index in [0.29, 0.717) is 11.3 Å². The Morgan fingerprint density at radius 2 is 2.12 bits per heavy atom. The van der Waals surface area contributed by atoms with Gasteiger partial charge in [0.25, 0.3) is 0 Å². The molecule has 0 saturated heterocycles. The maximum atomic E-state index is 13.9. The molecule has 0 fully saturated rings. The Kier molecular flexibility index (Phi) is 5.38. The van der Waals surface area contributed by atoms with Gasteiger partial charge in [0, 0.05) is 24.2 Å². The summed E-state index contributed by atoms with van der Waals surface area (Å²) in [5.41, 5.74) is 0.682. The van der Waals surface area contributed by atoms with E-state index in [4.69, 9.17) is 4.74 Å². The molecule has 0 aliphatic heterocycles. The van der Waals surface area contributed by atoms with E-state index in [1.165, 1.54) is 13.2 Å². The van der Waals surface area contributed by atoms with E-state index in [-0.39, 0.29) is 11.9 Å². The van der Waals surface area contributed by atoms with E-state index >= 15 is 0 Å². The lowest BCUT2D eigenvalue weighted by molar-refractivity contribution is 0.338. The van der Waals surface area contributed by atoms with Crippen molar-refractivity contribution in [2.45, 2.75) is 13.0 Å². The average Bonchev–Trinajstić information content (AvgIpc) is 2.27. The van der Waals surface area contributed by atoms with Crippen LogP contribution in [-0.4, -0.2) is 39.2 Å². The van der Waals surface area contributed by atoms with E-state index in [2.05, 4.69) is 5.32 Å². The molecule has 0 spiro atoms. The molecular weight excluding hydrogens is 219 g/mol. The van der Waals surface area contributed by atoms with Gasteiger partial charge in [0.1, 0.15) is 11.6 Å². The summed E-state index contributed by atoms with van der Waals surface area (Å²) in [4.78, 5) is 2.04. The monoisotopic (exact) mass is 240 g/mol. The Balaban J connectivity index is 2.93. The number of rotatable bonds is 6. The molecule has 1 rings (SSSR count). The minimum Gasteiger partial charge on any atom is -0.497 e. The number of methoxy groups -OCH3 is 1. The molecule has 0 bridgehead atoms. The van der Waals surface area contributed by atoms with Crippen molar-refractivity contribution < 1.29 is 9.13 Å². The van der Waals surface area contributed by atoms with Crippen molar-refractivity contribution in [3.63, 3.8) is 0 Å². The standard InChI is InChI=1S/C13H21FN2O/c1-5-15-13(9-16(2)3)11-7-6-10(17-4)8-12(11)14/h6-8,13,15H,5,9H2,1-4H3. The fraction of sp³-hybridized carbons (Fsp3) is 0.538. The van der Waals surface area contributed by atoms with Crippen molar-refractivity contribution >= 4 is 0 Å². The van der Waals surface area contributed by atoms with Crippen LogP contribution in [0.5, 0.6) is 5.75 Å². The molecule has 17 heavy (non-hydrogen) atoms. The third-order valence-electron chi connectivity index (χ3n) is 2.58. The van der Waals surface area contributed by atoms with Gasteiger partial charge in [-0.1, -0.05) is 13.0 Å². The first-order valence-electron chi connectivity index (χ1n) is 5.80. The second kappa shape index (κ2) is 6.57. The number of hydrogen-bond acceptors (Lipinski definition) is 3. The van der Waals surface area contributed by atoms with Gasteiger partial charge in [0.15, 0.2) is 0 Å². The highest BCUT2D eigenvalue weighted by Crippen LogP contribution is 2.22. The normalized spacial score (nSPS) is 12.8. The van der Waals surface area contributed by atoms with Gasteiger partial charge < -0.3 is 15.0 Å². The van der Waals surface area contributed by atoms with Crippen molar-refractivity contribution in [2.24, 2.45) is 0 Å². The van der Waals surface area contributed by atoms with Crippen LogP contribution < -0.4 is 10.1 Å². The molecule has 0 saturated carbocycles. The topological polar surface area (TPSA) is 24.5 Å². The van der Waals surface area contributed by atoms with Crippen molar-refractivity contribution in [2.75, 3.05) is 34.3 Å². The largest absolute Gasteiger partial charge is 0.497 e. The van der Waals surface area contributed by atoms with Crippen LogP contribution in [0.3, 0.4) is 0 Å². The first-order valence-corrected chi connectivity index (χ1v) is 5.80. The predicted molar refractivity (Wildman–Crippen MR) is 67.9 cm³/mol. The molecule has 1 aromatic rings. The zero-order valence-corrected chi connectivity index (χ0v) is 11.0. The number of nitrogens with zero attached hydrogens (tertiary/aromatic N) is 1. The number of hydrogen-bond donors (Lipinski definition) is 1. The van der Waals surface area contributed by atoms with E-state index in [1.54, 1.807) is 12.1 Å². The maximum absolute atomic E-state index is 13.9. The molecule has 96 valence electrons. The van der Waals surface area contributed by atoms with Gasteiger partial charge in [0.2, 0.25) is 0 Å². The van der Waals surface area contributed by atoms with Crippen molar-refractivity contribution in [1.82, 2.24) is 10.2 Å². The number of nitrogens with one attached hydrogen (secondary N) is 1. The molecule has 0 radical (unpaired) electrons. The number of halogens is 1. The zero-order chi connectivity index (χ0) is 12.8. The Bertz CT molecular complexity index is 355. The van der Waals surface area contributed by atoms with Crippen LogP contribution in [0.1, 0.15) is 18.5 Å². The lowest BCUT2D eigenvalue weighted by Gasteiger charge is -2.22. The molecule has 1 unspecified atom stereocenters. The van der Waals surface area contributed by atoms with E-state index in [1.807, 2.05) is 25.9 Å².